The molecule has 3 rings (SSSR count). The maximum absolute atomic E-state index is 13.7. The Bertz CT molecular complexity index is 990. The van der Waals surface area contributed by atoms with Crippen LogP contribution in [0.1, 0.15) is 17.4 Å². The molecule has 0 atom stereocenters. The van der Waals surface area contributed by atoms with E-state index < -0.39 is 23.4 Å². The molecule has 8 heteroatoms. The van der Waals surface area contributed by atoms with E-state index in [0.29, 0.717) is 10.8 Å². The normalized spacial score (nSPS) is 10.8. The third kappa shape index (κ3) is 3.32. The largest absolute Gasteiger partial charge is 0.505 e. The second-order valence-corrected chi connectivity index (χ2v) is 5.93. The van der Waals surface area contributed by atoms with Gasteiger partial charge in [-0.2, -0.15) is 0 Å². The lowest BCUT2D eigenvalue weighted by molar-refractivity contribution is 0.0516. The maximum atomic E-state index is 13.7. The van der Waals surface area contributed by atoms with Crippen LogP contribution in [0.5, 0.6) is 17.2 Å². The van der Waals surface area contributed by atoms with Gasteiger partial charge in [0, 0.05) is 10.8 Å². The number of esters is 1. The fraction of sp³-hybridized carbons (Fsp3) is 0.111. The average Bonchev–Trinajstić information content (AvgIpc) is 2.61. The Labute approximate surface area is 155 Å². The van der Waals surface area contributed by atoms with Crippen molar-refractivity contribution in [3.05, 3.63) is 58.3 Å². The van der Waals surface area contributed by atoms with Crippen molar-refractivity contribution < 1.29 is 28.2 Å². The first kappa shape index (κ1) is 18.1. The number of hydrogen-bond donors (Lipinski definition) is 1. The number of halogens is 3. The molecule has 2 aromatic carbocycles. The Morgan fingerprint density at radius 2 is 1.88 bits per heavy atom. The van der Waals surface area contributed by atoms with Crippen LogP contribution in [0.3, 0.4) is 0 Å². The number of ether oxygens (including phenoxy) is 2. The number of carbonyl (C=O) groups excluding carboxylic acids is 1. The van der Waals surface area contributed by atoms with Crippen molar-refractivity contribution in [1.82, 2.24) is 4.98 Å². The summed E-state index contributed by atoms with van der Waals surface area (Å²) < 4.78 is 37.8. The first-order chi connectivity index (χ1) is 12.4. The highest BCUT2D eigenvalue weighted by molar-refractivity contribution is 9.10. The number of para-hydroxylation sites is 1. The molecule has 26 heavy (non-hydrogen) atoms. The van der Waals surface area contributed by atoms with Gasteiger partial charge >= 0.3 is 5.97 Å². The molecule has 3 aromatic rings. The van der Waals surface area contributed by atoms with Gasteiger partial charge in [-0.3, -0.25) is 0 Å². The van der Waals surface area contributed by atoms with Crippen molar-refractivity contribution in [3.8, 4) is 17.2 Å². The standard InChI is InChI=1S/C18H12BrF2NO4/c1-2-25-18(24)14-15(23)10-7-6-9(8-11(10)17(19)22-14)26-16-12(20)4-3-5-13(16)21/h3-8,23H,2H2,1H3. The number of carbonyl (C=O) groups is 1. The molecule has 134 valence electrons. The summed E-state index contributed by atoms with van der Waals surface area (Å²) in [5.41, 5.74) is -0.236. The van der Waals surface area contributed by atoms with Crippen molar-refractivity contribution >= 4 is 32.7 Å². The zero-order valence-corrected chi connectivity index (χ0v) is 15.0. The summed E-state index contributed by atoms with van der Waals surface area (Å²) in [5.74, 6) is -3.22. The molecule has 0 spiro atoms. The van der Waals surface area contributed by atoms with Gasteiger partial charge in [0.15, 0.2) is 28.8 Å². The topological polar surface area (TPSA) is 68.7 Å². The summed E-state index contributed by atoms with van der Waals surface area (Å²) in [5, 5.41) is 11.0. The predicted molar refractivity (Wildman–Crippen MR) is 93.5 cm³/mol. The maximum Gasteiger partial charge on any atom is 0.360 e. The molecule has 0 saturated heterocycles. The molecule has 1 N–H and O–H groups in total. The summed E-state index contributed by atoms with van der Waals surface area (Å²) in [6.45, 7) is 1.77. The number of pyridine rings is 1. The van der Waals surface area contributed by atoms with Crippen LogP contribution in [0.2, 0.25) is 0 Å². The molecule has 0 radical (unpaired) electrons. The van der Waals surface area contributed by atoms with Gasteiger partial charge in [0.25, 0.3) is 0 Å². The minimum Gasteiger partial charge on any atom is -0.505 e. The molecule has 0 bridgehead atoms. The summed E-state index contributed by atoms with van der Waals surface area (Å²) >= 11 is 3.22. The zero-order valence-electron chi connectivity index (χ0n) is 13.4. The number of rotatable bonds is 4. The minimum atomic E-state index is -0.845. The van der Waals surface area contributed by atoms with Crippen LogP contribution in [0.4, 0.5) is 8.78 Å². The van der Waals surface area contributed by atoms with Gasteiger partial charge < -0.3 is 14.6 Å². The van der Waals surface area contributed by atoms with E-state index in [-0.39, 0.29) is 28.4 Å². The SMILES string of the molecule is CCOC(=O)c1nc(Br)c2cc(Oc3c(F)cccc3F)ccc2c1O. The van der Waals surface area contributed by atoms with E-state index in [1.54, 1.807) is 6.92 Å². The van der Waals surface area contributed by atoms with Crippen LogP contribution < -0.4 is 4.74 Å². The molecule has 0 saturated carbocycles. The fourth-order valence-corrected chi connectivity index (χ4v) is 2.85. The van der Waals surface area contributed by atoms with E-state index in [0.717, 1.165) is 12.1 Å². The van der Waals surface area contributed by atoms with Crippen molar-refractivity contribution in [2.75, 3.05) is 6.61 Å². The molecule has 0 unspecified atom stereocenters. The van der Waals surface area contributed by atoms with Crippen LogP contribution in [-0.4, -0.2) is 22.7 Å². The van der Waals surface area contributed by atoms with E-state index in [9.17, 15) is 18.7 Å². The van der Waals surface area contributed by atoms with E-state index >= 15 is 0 Å². The van der Waals surface area contributed by atoms with Crippen LogP contribution in [0.15, 0.2) is 41.0 Å². The minimum absolute atomic E-state index is 0.132. The van der Waals surface area contributed by atoms with E-state index in [2.05, 4.69) is 20.9 Å². The zero-order chi connectivity index (χ0) is 18.8. The molecule has 0 aliphatic rings. The molecular formula is C18H12BrF2NO4. The number of nitrogens with zero attached hydrogens (tertiary/aromatic N) is 1. The highest BCUT2D eigenvalue weighted by Gasteiger charge is 2.20. The molecule has 1 heterocycles. The quantitative estimate of drug-likeness (QED) is 0.474. The first-order valence-electron chi connectivity index (χ1n) is 7.53. The monoisotopic (exact) mass is 423 g/mol. The van der Waals surface area contributed by atoms with Gasteiger partial charge in [0.2, 0.25) is 0 Å². The molecule has 0 aliphatic heterocycles. The number of benzene rings is 2. The Balaban J connectivity index is 2.06. The Kier molecular flexibility index (Phi) is 5.03. The van der Waals surface area contributed by atoms with Gasteiger partial charge in [-0.05, 0) is 53.2 Å². The van der Waals surface area contributed by atoms with Crippen LogP contribution in [0.25, 0.3) is 10.8 Å². The van der Waals surface area contributed by atoms with E-state index in [1.165, 1.54) is 24.3 Å². The van der Waals surface area contributed by atoms with Crippen molar-refractivity contribution in [3.63, 3.8) is 0 Å². The summed E-state index contributed by atoms with van der Waals surface area (Å²) in [4.78, 5) is 15.9. The van der Waals surface area contributed by atoms with Crippen molar-refractivity contribution in [2.45, 2.75) is 6.92 Å². The molecule has 0 aliphatic carbocycles. The fourth-order valence-electron chi connectivity index (χ4n) is 2.34. The third-order valence-corrected chi connectivity index (χ3v) is 4.11. The molecular weight excluding hydrogens is 412 g/mol. The smallest absolute Gasteiger partial charge is 0.360 e. The Morgan fingerprint density at radius 3 is 2.54 bits per heavy atom. The Hall–Kier alpha value is -2.74. The first-order valence-corrected chi connectivity index (χ1v) is 8.33. The lowest BCUT2D eigenvalue weighted by atomic mass is 10.1. The van der Waals surface area contributed by atoms with Crippen LogP contribution in [-0.2, 0) is 4.74 Å². The van der Waals surface area contributed by atoms with Crippen LogP contribution in [0, 0.1) is 11.6 Å². The van der Waals surface area contributed by atoms with Gasteiger partial charge in [0.05, 0.1) is 6.61 Å². The highest BCUT2D eigenvalue weighted by Crippen LogP contribution is 2.36. The summed E-state index contributed by atoms with van der Waals surface area (Å²) in [6.07, 6.45) is 0. The van der Waals surface area contributed by atoms with E-state index in [4.69, 9.17) is 9.47 Å². The summed E-state index contributed by atoms with van der Waals surface area (Å²) in [6, 6.07) is 7.69. The highest BCUT2D eigenvalue weighted by atomic mass is 79.9. The second kappa shape index (κ2) is 7.25. The third-order valence-electron chi connectivity index (χ3n) is 3.51. The number of fused-ring (bicyclic) bond motifs is 1. The van der Waals surface area contributed by atoms with Crippen molar-refractivity contribution in [2.24, 2.45) is 0 Å². The Morgan fingerprint density at radius 1 is 1.19 bits per heavy atom. The molecule has 5 nitrogen and oxygen atoms in total. The van der Waals surface area contributed by atoms with E-state index in [1.807, 2.05) is 0 Å². The second-order valence-electron chi connectivity index (χ2n) is 5.18. The van der Waals surface area contributed by atoms with Gasteiger partial charge in [-0.1, -0.05) is 6.07 Å². The summed E-state index contributed by atoms with van der Waals surface area (Å²) in [7, 11) is 0. The molecule has 0 amide bonds. The lowest BCUT2D eigenvalue weighted by Crippen LogP contribution is -2.08. The lowest BCUT2D eigenvalue weighted by Gasteiger charge is -2.11. The van der Waals surface area contributed by atoms with Gasteiger partial charge in [-0.25, -0.2) is 18.6 Å². The number of aromatic nitrogens is 1. The number of hydrogen-bond acceptors (Lipinski definition) is 5. The molecule has 0 fully saturated rings. The van der Waals surface area contributed by atoms with Crippen LogP contribution >= 0.6 is 15.9 Å². The molecule has 1 aromatic heterocycles. The van der Waals surface area contributed by atoms with Gasteiger partial charge in [0.1, 0.15) is 10.4 Å². The number of aromatic hydroxyl groups is 1. The van der Waals surface area contributed by atoms with Crippen molar-refractivity contribution in [1.29, 1.82) is 0 Å². The van der Waals surface area contributed by atoms with Gasteiger partial charge in [-0.15, -0.1) is 0 Å². The average molecular weight is 424 g/mol. The predicted octanol–water partition coefficient (Wildman–Crippen LogP) is 4.95.